The van der Waals surface area contributed by atoms with E-state index in [1.54, 1.807) is 18.5 Å². The van der Waals surface area contributed by atoms with Crippen molar-refractivity contribution in [2.45, 2.75) is 66.0 Å². The Morgan fingerprint density at radius 3 is 2.35 bits per heavy atom. The molecule has 1 unspecified atom stereocenters. The lowest BCUT2D eigenvalue weighted by Gasteiger charge is -2.40. The molecule has 8 nitrogen and oxygen atoms in total. The number of nitrogens with zero attached hydrogens (tertiary/aromatic N) is 2. The fourth-order valence-corrected chi connectivity index (χ4v) is 3.61. The molecule has 0 saturated carbocycles. The molecule has 2 atom stereocenters. The number of hydrogen-bond acceptors (Lipinski definition) is 6. The van der Waals surface area contributed by atoms with Crippen molar-refractivity contribution >= 4 is 35.1 Å². The van der Waals surface area contributed by atoms with E-state index in [0.717, 1.165) is 4.88 Å². The van der Waals surface area contributed by atoms with Crippen molar-refractivity contribution in [3.05, 3.63) is 28.5 Å². The summed E-state index contributed by atoms with van der Waals surface area (Å²) in [6.07, 6.45) is 4.51. The maximum atomic E-state index is 13.3. The van der Waals surface area contributed by atoms with Crippen molar-refractivity contribution in [3.8, 4) is 0 Å². The maximum absolute atomic E-state index is 13.3. The molecule has 0 aromatic carbocycles. The van der Waals surface area contributed by atoms with Crippen LogP contribution < -0.4 is 11.2 Å². The molecular weight excluding hydrogens is 416 g/mol. The number of hydroxylamine groups is 1. The summed E-state index contributed by atoms with van der Waals surface area (Å²) in [4.78, 5) is 39.8. The molecule has 0 aliphatic rings. The third-order valence-corrected chi connectivity index (χ3v) is 5.36. The average Bonchev–Trinajstić information content (AvgIpc) is 3.22. The molecular formula is C22H36N4O4S. The Morgan fingerprint density at radius 2 is 1.87 bits per heavy atom. The third kappa shape index (κ3) is 8.80. The second-order valence-electron chi connectivity index (χ2n) is 8.42. The minimum atomic E-state index is -1.10. The van der Waals surface area contributed by atoms with E-state index in [1.165, 1.54) is 21.4 Å². The maximum Gasteiger partial charge on any atom is 0.268 e. The Bertz CT molecular complexity index is 732. The summed E-state index contributed by atoms with van der Waals surface area (Å²) >= 11 is 1.54. The molecule has 0 aliphatic carbocycles. The average molecular weight is 453 g/mol. The number of carbonyl (C=O) groups is 3. The summed E-state index contributed by atoms with van der Waals surface area (Å²) < 4.78 is 0. The molecule has 1 heterocycles. The highest BCUT2D eigenvalue weighted by molar-refractivity contribution is 7.10. The first-order valence-corrected chi connectivity index (χ1v) is 11.5. The van der Waals surface area contributed by atoms with Gasteiger partial charge in [-0.05, 0) is 49.1 Å². The SMILES string of the molecule is CC(C)CCC(=O)N(C(CC=Cc1cccs1)C(=O)NO)N(CC(C)C)C(=O)[C@@H](C)N. The van der Waals surface area contributed by atoms with Gasteiger partial charge in [-0.1, -0.05) is 39.8 Å². The molecule has 0 aliphatic heterocycles. The Balaban J connectivity index is 3.35. The summed E-state index contributed by atoms with van der Waals surface area (Å²) in [5.41, 5.74) is 7.51. The smallest absolute Gasteiger partial charge is 0.268 e. The van der Waals surface area contributed by atoms with Gasteiger partial charge in [0.05, 0.1) is 6.04 Å². The number of nitrogens with one attached hydrogen (secondary N) is 1. The van der Waals surface area contributed by atoms with Gasteiger partial charge in [0, 0.05) is 17.8 Å². The van der Waals surface area contributed by atoms with Gasteiger partial charge in [-0.3, -0.25) is 19.6 Å². The van der Waals surface area contributed by atoms with E-state index < -0.39 is 23.9 Å². The van der Waals surface area contributed by atoms with Crippen LogP contribution in [0.1, 0.15) is 58.8 Å². The molecule has 3 amide bonds. The van der Waals surface area contributed by atoms with Crippen molar-refractivity contribution in [1.29, 1.82) is 0 Å². The number of thiophene rings is 1. The predicted octanol–water partition coefficient (Wildman–Crippen LogP) is 3.04. The van der Waals surface area contributed by atoms with E-state index in [2.05, 4.69) is 0 Å². The van der Waals surface area contributed by atoms with E-state index >= 15 is 0 Å². The summed E-state index contributed by atoms with van der Waals surface area (Å²) in [5.74, 6) is -1.27. The van der Waals surface area contributed by atoms with Crippen LogP contribution in [0.2, 0.25) is 0 Å². The highest BCUT2D eigenvalue weighted by Crippen LogP contribution is 2.19. The molecule has 0 radical (unpaired) electrons. The van der Waals surface area contributed by atoms with Crippen LogP contribution in [0.3, 0.4) is 0 Å². The number of nitrogens with two attached hydrogens (primary N) is 1. The summed E-state index contributed by atoms with van der Waals surface area (Å²) in [6, 6.07) is 1.90. The van der Waals surface area contributed by atoms with E-state index in [4.69, 9.17) is 5.73 Å². The Morgan fingerprint density at radius 1 is 1.19 bits per heavy atom. The zero-order chi connectivity index (χ0) is 23.6. The van der Waals surface area contributed by atoms with Crippen LogP contribution in [0.4, 0.5) is 0 Å². The first-order chi connectivity index (χ1) is 14.6. The molecule has 0 fully saturated rings. The van der Waals surface area contributed by atoms with Crippen LogP contribution in [0, 0.1) is 11.8 Å². The molecule has 1 aromatic heterocycles. The Kier molecular flexibility index (Phi) is 11.4. The first-order valence-electron chi connectivity index (χ1n) is 10.6. The van der Waals surface area contributed by atoms with Crippen molar-refractivity contribution in [2.24, 2.45) is 17.6 Å². The summed E-state index contributed by atoms with van der Waals surface area (Å²) in [7, 11) is 0. The fraction of sp³-hybridized carbons (Fsp3) is 0.591. The number of carbonyl (C=O) groups excluding carboxylic acids is 3. The molecule has 0 bridgehead atoms. The molecule has 0 saturated heterocycles. The van der Waals surface area contributed by atoms with Crippen LogP contribution in [0.5, 0.6) is 0 Å². The number of hydrazine groups is 1. The van der Waals surface area contributed by atoms with Gasteiger partial charge in [0.1, 0.15) is 6.04 Å². The van der Waals surface area contributed by atoms with Crippen molar-refractivity contribution in [3.63, 3.8) is 0 Å². The summed E-state index contributed by atoms with van der Waals surface area (Å²) in [6.45, 7) is 9.59. The monoisotopic (exact) mass is 452 g/mol. The van der Waals surface area contributed by atoms with Crippen LogP contribution >= 0.6 is 11.3 Å². The molecule has 174 valence electrons. The van der Waals surface area contributed by atoms with Gasteiger partial charge >= 0.3 is 0 Å². The zero-order valence-electron chi connectivity index (χ0n) is 19.1. The first kappa shape index (κ1) is 26.8. The predicted molar refractivity (Wildman–Crippen MR) is 123 cm³/mol. The normalized spacial score (nSPS) is 13.5. The van der Waals surface area contributed by atoms with Gasteiger partial charge in [-0.2, -0.15) is 0 Å². The van der Waals surface area contributed by atoms with E-state index in [0.29, 0.717) is 6.42 Å². The molecule has 0 spiro atoms. The van der Waals surface area contributed by atoms with Gasteiger partial charge in [-0.25, -0.2) is 15.5 Å². The Hall–Kier alpha value is -2.23. The topological polar surface area (TPSA) is 116 Å². The zero-order valence-corrected chi connectivity index (χ0v) is 19.9. The van der Waals surface area contributed by atoms with Gasteiger partial charge in [0.2, 0.25) is 5.91 Å². The van der Waals surface area contributed by atoms with E-state index in [9.17, 15) is 19.6 Å². The highest BCUT2D eigenvalue weighted by atomic mass is 32.1. The van der Waals surface area contributed by atoms with Crippen LogP contribution in [-0.2, 0) is 14.4 Å². The second kappa shape index (κ2) is 13.2. The second-order valence-corrected chi connectivity index (χ2v) is 9.40. The minimum Gasteiger partial charge on any atom is -0.320 e. The van der Waals surface area contributed by atoms with Gasteiger partial charge in [0.25, 0.3) is 11.8 Å². The molecule has 1 aromatic rings. The van der Waals surface area contributed by atoms with Gasteiger partial charge in [0.15, 0.2) is 0 Å². The standard InChI is InChI=1S/C22H36N4O4S/c1-15(2)11-12-20(27)26(25(14-16(3)4)22(29)17(5)23)19(21(28)24-30)10-6-8-18-9-7-13-31-18/h6-9,13,15-17,19,30H,10-12,14,23H2,1-5H3,(H,24,28)/t17-,19?/m1/s1. The lowest BCUT2D eigenvalue weighted by Crippen LogP contribution is -2.61. The molecule has 31 heavy (non-hydrogen) atoms. The highest BCUT2D eigenvalue weighted by Gasteiger charge is 2.37. The van der Waals surface area contributed by atoms with Gasteiger partial charge < -0.3 is 5.73 Å². The molecule has 4 N–H and O–H groups in total. The number of hydrogen-bond donors (Lipinski definition) is 3. The van der Waals surface area contributed by atoms with Gasteiger partial charge in [-0.15, -0.1) is 11.3 Å². The van der Waals surface area contributed by atoms with E-state index in [1.807, 2.05) is 51.3 Å². The molecule has 1 rings (SSSR count). The van der Waals surface area contributed by atoms with Crippen LogP contribution in [-0.4, -0.2) is 51.6 Å². The quantitative estimate of drug-likeness (QED) is 0.352. The Labute approximate surface area is 189 Å². The minimum absolute atomic E-state index is 0.0302. The van der Waals surface area contributed by atoms with Crippen molar-refractivity contribution in [2.75, 3.05) is 6.54 Å². The number of rotatable bonds is 11. The lowest BCUT2D eigenvalue weighted by molar-refractivity contribution is -0.175. The van der Waals surface area contributed by atoms with Crippen LogP contribution in [0.25, 0.3) is 6.08 Å². The fourth-order valence-electron chi connectivity index (χ4n) is 2.96. The van der Waals surface area contributed by atoms with Crippen molar-refractivity contribution in [1.82, 2.24) is 15.5 Å². The lowest BCUT2D eigenvalue weighted by atomic mass is 10.1. The van der Waals surface area contributed by atoms with E-state index in [-0.39, 0.29) is 37.1 Å². The van der Waals surface area contributed by atoms with Crippen LogP contribution in [0.15, 0.2) is 23.6 Å². The summed E-state index contributed by atoms with van der Waals surface area (Å²) in [5, 5.41) is 13.8. The van der Waals surface area contributed by atoms with Crippen molar-refractivity contribution < 1.29 is 19.6 Å². The molecule has 9 heteroatoms. The largest absolute Gasteiger partial charge is 0.320 e. The third-order valence-electron chi connectivity index (χ3n) is 4.53. The number of amides is 3.